The van der Waals surface area contributed by atoms with Crippen molar-refractivity contribution in [2.24, 2.45) is 0 Å². The topological polar surface area (TPSA) is 57.6 Å². The molecular formula is C14H23N3O2. The number of β-amino-alcohol motifs (C(OH)–C–C–N with tert-alkyl or cyclic N) is 1. The van der Waals surface area contributed by atoms with Gasteiger partial charge in [-0.3, -0.25) is 9.88 Å². The number of nitrogens with one attached hydrogen (secondary N) is 1. The van der Waals surface area contributed by atoms with Gasteiger partial charge < -0.3 is 15.2 Å². The summed E-state index contributed by atoms with van der Waals surface area (Å²) in [4.78, 5) is 6.39. The molecule has 1 atom stereocenters. The number of hydrogen-bond donors (Lipinski definition) is 2. The molecule has 19 heavy (non-hydrogen) atoms. The van der Waals surface area contributed by atoms with E-state index in [4.69, 9.17) is 4.74 Å². The van der Waals surface area contributed by atoms with Crippen molar-refractivity contribution in [2.75, 3.05) is 44.7 Å². The zero-order chi connectivity index (χ0) is 13.7. The number of anilines is 1. The quantitative estimate of drug-likeness (QED) is 0.828. The minimum Gasteiger partial charge on any atom is -0.387 e. The zero-order valence-corrected chi connectivity index (χ0v) is 11.7. The van der Waals surface area contributed by atoms with Gasteiger partial charge in [0.1, 0.15) is 0 Å². The molecule has 1 fully saturated rings. The first kappa shape index (κ1) is 14.2. The molecule has 0 aromatic carbocycles. The molecule has 1 aromatic heterocycles. The summed E-state index contributed by atoms with van der Waals surface area (Å²) in [5.41, 5.74) is 1.21. The van der Waals surface area contributed by atoms with Gasteiger partial charge in [-0.05, 0) is 26.0 Å². The number of morpholine rings is 1. The fraction of sp³-hybridized carbons (Fsp3) is 0.643. The van der Waals surface area contributed by atoms with Crippen molar-refractivity contribution >= 4 is 5.69 Å². The third-order valence-corrected chi connectivity index (χ3v) is 3.24. The fourth-order valence-corrected chi connectivity index (χ4v) is 2.24. The maximum atomic E-state index is 10.4. The van der Waals surface area contributed by atoms with E-state index in [1.807, 2.05) is 26.0 Å². The predicted octanol–water partition coefficient (Wildman–Crippen LogP) is 0.885. The van der Waals surface area contributed by atoms with Gasteiger partial charge in [-0.1, -0.05) is 0 Å². The second kappa shape index (κ2) is 6.32. The van der Waals surface area contributed by atoms with E-state index < -0.39 is 5.60 Å². The highest BCUT2D eigenvalue weighted by Crippen LogP contribution is 2.12. The van der Waals surface area contributed by atoms with Crippen LogP contribution in [0.1, 0.15) is 12.6 Å². The monoisotopic (exact) mass is 265 g/mol. The maximum Gasteiger partial charge on any atom is 0.0917 e. The highest BCUT2D eigenvalue weighted by atomic mass is 16.5. The van der Waals surface area contributed by atoms with E-state index in [0.717, 1.165) is 37.7 Å². The van der Waals surface area contributed by atoms with Crippen molar-refractivity contribution in [3.8, 4) is 0 Å². The molecule has 1 aliphatic heterocycles. The Hall–Kier alpha value is -1.17. The van der Waals surface area contributed by atoms with E-state index in [1.54, 1.807) is 6.20 Å². The molecule has 1 aliphatic rings. The van der Waals surface area contributed by atoms with Gasteiger partial charge in [0.05, 0.1) is 18.8 Å². The first-order valence-corrected chi connectivity index (χ1v) is 6.74. The van der Waals surface area contributed by atoms with E-state index in [9.17, 15) is 5.11 Å². The van der Waals surface area contributed by atoms with E-state index >= 15 is 0 Å². The number of rotatable bonds is 5. The Kier molecular flexibility index (Phi) is 4.74. The molecule has 5 heteroatoms. The third kappa shape index (κ3) is 4.78. The normalized spacial score (nSPS) is 19.9. The number of nitrogens with zero attached hydrogens (tertiary/aromatic N) is 2. The smallest absolute Gasteiger partial charge is 0.0917 e. The summed E-state index contributed by atoms with van der Waals surface area (Å²) in [5.74, 6) is 0. The number of pyridine rings is 1. The van der Waals surface area contributed by atoms with Gasteiger partial charge in [0.15, 0.2) is 0 Å². The molecular weight excluding hydrogens is 242 g/mol. The summed E-state index contributed by atoms with van der Waals surface area (Å²) in [6.07, 6.45) is 1.77. The Morgan fingerprint density at radius 3 is 2.89 bits per heavy atom. The summed E-state index contributed by atoms with van der Waals surface area (Å²) in [5, 5.41) is 13.7. The van der Waals surface area contributed by atoms with Crippen LogP contribution in [0, 0.1) is 6.92 Å². The predicted molar refractivity (Wildman–Crippen MR) is 75.3 cm³/mol. The molecule has 106 valence electrons. The number of aryl methyl sites for hydroxylation is 1. The average Bonchev–Trinajstić information content (AvgIpc) is 2.37. The zero-order valence-electron chi connectivity index (χ0n) is 11.7. The van der Waals surface area contributed by atoms with Crippen LogP contribution in [0.4, 0.5) is 5.69 Å². The first-order chi connectivity index (χ1) is 9.05. The van der Waals surface area contributed by atoms with Gasteiger partial charge in [0.25, 0.3) is 0 Å². The molecule has 1 aromatic rings. The minimum atomic E-state index is -0.755. The van der Waals surface area contributed by atoms with Crippen LogP contribution in [0.5, 0.6) is 0 Å². The molecule has 5 nitrogen and oxygen atoms in total. The highest BCUT2D eigenvalue weighted by molar-refractivity contribution is 5.43. The Labute approximate surface area is 114 Å². The van der Waals surface area contributed by atoms with Gasteiger partial charge in [0, 0.05) is 43.8 Å². The third-order valence-electron chi connectivity index (χ3n) is 3.24. The molecule has 0 aliphatic carbocycles. The molecule has 0 spiro atoms. The van der Waals surface area contributed by atoms with E-state index in [2.05, 4.69) is 15.2 Å². The Bertz CT molecular complexity index is 403. The molecule has 2 rings (SSSR count). The van der Waals surface area contributed by atoms with Gasteiger partial charge in [-0.25, -0.2) is 0 Å². The van der Waals surface area contributed by atoms with E-state index in [0.29, 0.717) is 13.1 Å². The van der Waals surface area contributed by atoms with Gasteiger partial charge >= 0.3 is 0 Å². The molecule has 2 heterocycles. The number of ether oxygens (including phenoxy) is 1. The molecule has 0 amide bonds. The molecule has 2 N–H and O–H groups in total. The van der Waals surface area contributed by atoms with Crippen LogP contribution in [0.15, 0.2) is 18.3 Å². The van der Waals surface area contributed by atoms with Gasteiger partial charge in [-0.2, -0.15) is 0 Å². The lowest BCUT2D eigenvalue weighted by atomic mass is 10.1. The second-order valence-electron chi connectivity index (χ2n) is 5.42. The Balaban J connectivity index is 1.82. The van der Waals surface area contributed by atoms with Crippen LogP contribution < -0.4 is 5.32 Å². The van der Waals surface area contributed by atoms with Gasteiger partial charge in [0.2, 0.25) is 0 Å². The van der Waals surface area contributed by atoms with Crippen LogP contribution in [0.2, 0.25) is 0 Å². The molecule has 0 radical (unpaired) electrons. The lowest BCUT2D eigenvalue weighted by Crippen LogP contribution is -2.49. The molecule has 0 bridgehead atoms. The molecule has 1 saturated heterocycles. The SMILES string of the molecule is Cc1cc(NCC(C)(O)CN2CCOCC2)ccn1. The number of aliphatic hydroxyl groups is 1. The standard InChI is InChI=1S/C14H23N3O2/c1-12-9-13(3-4-15-12)16-10-14(2,18)11-17-5-7-19-8-6-17/h3-4,9,18H,5-8,10-11H2,1-2H3,(H,15,16). The van der Waals surface area contributed by atoms with E-state index in [1.165, 1.54) is 0 Å². The van der Waals surface area contributed by atoms with Crippen LogP contribution in [0.25, 0.3) is 0 Å². The van der Waals surface area contributed by atoms with Crippen molar-refractivity contribution in [1.29, 1.82) is 0 Å². The Morgan fingerprint density at radius 1 is 1.47 bits per heavy atom. The van der Waals surface area contributed by atoms with Crippen LogP contribution in [-0.2, 0) is 4.74 Å². The average molecular weight is 265 g/mol. The second-order valence-corrected chi connectivity index (χ2v) is 5.42. The van der Waals surface area contributed by atoms with Crippen molar-refractivity contribution in [3.05, 3.63) is 24.0 Å². The summed E-state index contributed by atoms with van der Waals surface area (Å²) >= 11 is 0. The first-order valence-electron chi connectivity index (χ1n) is 6.74. The number of aromatic nitrogens is 1. The van der Waals surface area contributed by atoms with E-state index in [-0.39, 0.29) is 0 Å². The maximum absolute atomic E-state index is 10.4. The number of hydrogen-bond acceptors (Lipinski definition) is 5. The van der Waals surface area contributed by atoms with Crippen molar-refractivity contribution in [2.45, 2.75) is 19.4 Å². The van der Waals surface area contributed by atoms with Crippen molar-refractivity contribution < 1.29 is 9.84 Å². The largest absolute Gasteiger partial charge is 0.387 e. The van der Waals surface area contributed by atoms with Crippen LogP contribution >= 0.6 is 0 Å². The minimum absolute atomic E-state index is 0.522. The lowest BCUT2D eigenvalue weighted by Gasteiger charge is -2.34. The fourth-order valence-electron chi connectivity index (χ4n) is 2.24. The van der Waals surface area contributed by atoms with Crippen LogP contribution in [0.3, 0.4) is 0 Å². The summed E-state index contributed by atoms with van der Waals surface area (Å²) in [6, 6.07) is 3.89. The lowest BCUT2D eigenvalue weighted by molar-refractivity contribution is -0.0163. The molecule has 0 saturated carbocycles. The summed E-state index contributed by atoms with van der Waals surface area (Å²) < 4.78 is 5.31. The Morgan fingerprint density at radius 2 is 2.21 bits per heavy atom. The summed E-state index contributed by atoms with van der Waals surface area (Å²) in [7, 11) is 0. The highest BCUT2D eigenvalue weighted by Gasteiger charge is 2.25. The summed E-state index contributed by atoms with van der Waals surface area (Å²) in [6.45, 7) is 8.30. The van der Waals surface area contributed by atoms with Crippen molar-refractivity contribution in [1.82, 2.24) is 9.88 Å². The molecule has 1 unspecified atom stereocenters. The van der Waals surface area contributed by atoms with Crippen LogP contribution in [-0.4, -0.2) is 60.0 Å². The van der Waals surface area contributed by atoms with Gasteiger partial charge in [-0.15, -0.1) is 0 Å². The van der Waals surface area contributed by atoms with Crippen molar-refractivity contribution in [3.63, 3.8) is 0 Å².